The smallest absolute Gasteiger partial charge is 0.274 e. The van der Waals surface area contributed by atoms with Gasteiger partial charge in [-0.1, -0.05) is 30.7 Å². The van der Waals surface area contributed by atoms with Gasteiger partial charge in [-0.25, -0.2) is 4.39 Å². The van der Waals surface area contributed by atoms with Gasteiger partial charge in [0.1, 0.15) is 11.4 Å². The summed E-state index contributed by atoms with van der Waals surface area (Å²) in [4.78, 5) is 40.7. The van der Waals surface area contributed by atoms with Crippen molar-refractivity contribution in [1.29, 1.82) is 0 Å². The molecule has 0 saturated carbocycles. The van der Waals surface area contributed by atoms with Crippen LogP contribution in [0, 0.1) is 5.82 Å². The fraction of sp³-hybridized carbons (Fsp3) is 0.435. The lowest BCUT2D eigenvalue weighted by Crippen LogP contribution is -2.38. The van der Waals surface area contributed by atoms with Gasteiger partial charge >= 0.3 is 0 Å². The van der Waals surface area contributed by atoms with Gasteiger partial charge in [0, 0.05) is 39.4 Å². The average molecular weight is 482 g/mol. The molecular formula is C23H29ClFN3O5. The molecule has 1 unspecified atom stereocenters. The molecule has 0 spiro atoms. The first kappa shape index (κ1) is 26.3. The van der Waals surface area contributed by atoms with E-state index in [1.165, 1.54) is 41.8 Å². The van der Waals surface area contributed by atoms with Crippen LogP contribution in [-0.2, 0) is 18.3 Å². The van der Waals surface area contributed by atoms with Crippen molar-refractivity contribution in [2.45, 2.75) is 39.8 Å². The number of pyridine rings is 1. The Balaban J connectivity index is 2.63. The minimum Gasteiger partial charge on any atom is -0.503 e. The number of aromatic hydroxyl groups is 1. The van der Waals surface area contributed by atoms with Crippen LogP contribution in [0.25, 0.3) is 0 Å². The van der Waals surface area contributed by atoms with E-state index in [0.717, 1.165) is 0 Å². The lowest BCUT2D eigenvalue weighted by atomic mass is 10.0. The van der Waals surface area contributed by atoms with Crippen molar-refractivity contribution in [2.75, 3.05) is 20.2 Å². The molecule has 1 heterocycles. The van der Waals surface area contributed by atoms with Crippen LogP contribution in [0.4, 0.5) is 4.39 Å². The molecule has 0 saturated heterocycles. The zero-order valence-corrected chi connectivity index (χ0v) is 20.1. The van der Waals surface area contributed by atoms with Crippen LogP contribution in [0.3, 0.4) is 0 Å². The third kappa shape index (κ3) is 5.20. The van der Waals surface area contributed by atoms with Crippen LogP contribution in [0.2, 0.25) is 5.02 Å². The lowest BCUT2D eigenvalue weighted by molar-refractivity contribution is 0.0739. The van der Waals surface area contributed by atoms with E-state index in [1.807, 2.05) is 0 Å². The highest BCUT2D eigenvalue weighted by molar-refractivity contribution is 6.30. The number of halogens is 2. The number of hydrogen-bond donors (Lipinski definition) is 2. The maximum atomic E-state index is 14.2. The van der Waals surface area contributed by atoms with E-state index in [9.17, 15) is 23.9 Å². The largest absolute Gasteiger partial charge is 0.503 e. The van der Waals surface area contributed by atoms with Gasteiger partial charge in [0.05, 0.1) is 16.8 Å². The second-order valence-electron chi connectivity index (χ2n) is 7.35. The molecular weight excluding hydrogens is 453 g/mol. The van der Waals surface area contributed by atoms with Gasteiger partial charge in [0.15, 0.2) is 11.4 Å². The van der Waals surface area contributed by atoms with Crippen LogP contribution < -0.4 is 10.7 Å². The lowest BCUT2D eigenvalue weighted by Gasteiger charge is -2.26. The highest BCUT2D eigenvalue weighted by atomic mass is 35.5. The molecule has 0 aliphatic carbocycles. The Morgan fingerprint density at radius 3 is 2.45 bits per heavy atom. The Morgan fingerprint density at radius 1 is 1.27 bits per heavy atom. The molecule has 0 radical (unpaired) electrons. The van der Waals surface area contributed by atoms with Gasteiger partial charge < -0.3 is 24.6 Å². The van der Waals surface area contributed by atoms with Gasteiger partial charge in [-0.3, -0.25) is 14.4 Å². The predicted octanol–water partition coefficient (Wildman–Crippen LogP) is 3.39. The minimum atomic E-state index is -1.00. The molecule has 0 bridgehead atoms. The number of nitrogens with zero attached hydrogens (tertiary/aromatic N) is 2. The molecule has 2 amide bonds. The van der Waals surface area contributed by atoms with Crippen LogP contribution in [0.15, 0.2) is 23.0 Å². The molecule has 1 aromatic carbocycles. The summed E-state index contributed by atoms with van der Waals surface area (Å²) in [5.74, 6) is -2.89. The number of ether oxygens (including phenoxy) is 1. The molecule has 2 rings (SSSR count). The summed E-state index contributed by atoms with van der Waals surface area (Å²) < 4.78 is 21.0. The van der Waals surface area contributed by atoms with Crippen molar-refractivity contribution in [3.63, 3.8) is 0 Å². The van der Waals surface area contributed by atoms with E-state index in [2.05, 4.69) is 5.32 Å². The first-order valence-electron chi connectivity index (χ1n) is 10.6. The molecule has 180 valence electrons. The Morgan fingerprint density at radius 2 is 1.91 bits per heavy atom. The summed E-state index contributed by atoms with van der Waals surface area (Å²) >= 11 is 5.79. The molecule has 0 aliphatic rings. The maximum absolute atomic E-state index is 14.2. The van der Waals surface area contributed by atoms with Crippen LogP contribution in [-0.4, -0.2) is 46.6 Å². The maximum Gasteiger partial charge on any atom is 0.274 e. The average Bonchev–Trinajstić information content (AvgIpc) is 2.79. The van der Waals surface area contributed by atoms with Crippen molar-refractivity contribution in [3.05, 3.63) is 61.8 Å². The monoisotopic (exact) mass is 481 g/mol. The van der Waals surface area contributed by atoms with Crippen LogP contribution >= 0.6 is 11.6 Å². The molecule has 8 nitrogen and oxygen atoms in total. The fourth-order valence-corrected chi connectivity index (χ4v) is 3.91. The van der Waals surface area contributed by atoms with Crippen LogP contribution in [0.1, 0.15) is 65.4 Å². The first-order valence-corrected chi connectivity index (χ1v) is 11.0. The topological polar surface area (TPSA) is 101 Å². The SMILES string of the molecule is CCC(OC)c1c(C(=O)NCc2cccc(Cl)c2F)c(=O)c(O)c(C(=O)N(CC)CC)n1C. The van der Waals surface area contributed by atoms with E-state index < -0.39 is 34.9 Å². The Labute approximate surface area is 196 Å². The molecule has 0 fully saturated rings. The Hall–Kier alpha value is -2.91. The number of carbonyl (C=O) groups excluding carboxylic acids is 2. The van der Waals surface area contributed by atoms with E-state index in [-0.39, 0.29) is 34.1 Å². The molecule has 1 aromatic heterocycles. The summed E-state index contributed by atoms with van der Waals surface area (Å²) in [5.41, 5.74) is -1.33. The molecule has 1 atom stereocenters. The molecule has 0 aliphatic heterocycles. The summed E-state index contributed by atoms with van der Waals surface area (Å²) in [7, 11) is 2.90. The normalized spacial score (nSPS) is 11.8. The van der Waals surface area contributed by atoms with Gasteiger partial charge in [-0.2, -0.15) is 0 Å². The van der Waals surface area contributed by atoms with Gasteiger partial charge in [0.2, 0.25) is 5.43 Å². The number of aromatic nitrogens is 1. The highest BCUT2D eigenvalue weighted by Gasteiger charge is 2.32. The number of methoxy groups -OCH3 is 1. The third-order valence-electron chi connectivity index (χ3n) is 5.53. The van der Waals surface area contributed by atoms with Gasteiger partial charge in [-0.05, 0) is 26.3 Å². The second-order valence-corrected chi connectivity index (χ2v) is 7.76. The van der Waals surface area contributed by atoms with E-state index >= 15 is 0 Å². The van der Waals surface area contributed by atoms with Gasteiger partial charge in [-0.15, -0.1) is 0 Å². The van der Waals surface area contributed by atoms with Crippen LogP contribution in [0.5, 0.6) is 5.75 Å². The Bertz CT molecular complexity index is 1090. The summed E-state index contributed by atoms with van der Waals surface area (Å²) in [5, 5.41) is 13.1. The predicted molar refractivity (Wildman–Crippen MR) is 123 cm³/mol. The Kier molecular flexibility index (Phi) is 9.01. The van der Waals surface area contributed by atoms with Crippen molar-refractivity contribution in [3.8, 4) is 5.75 Å². The van der Waals surface area contributed by atoms with Crippen molar-refractivity contribution < 1.29 is 23.8 Å². The number of amides is 2. The molecule has 10 heteroatoms. The van der Waals surface area contributed by atoms with Crippen molar-refractivity contribution in [1.82, 2.24) is 14.8 Å². The minimum absolute atomic E-state index is 0.0966. The highest BCUT2D eigenvalue weighted by Crippen LogP contribution is 2.27. The zero-order valence-electron chi connectivity index (χ0n) is 19.4. The van der Waals surface area contributed by atoms with E-state index in [4.69, 9.17) is 16.3 Å². The number of carbonyl (C=O) groups is 2. The first-order chi connectivity index (χ1) is 15.6. The fourth-order valence-electron chi connectivity index (χ4n) is 3.71. The number of rotatable bonds is 9. The quantitative estimate of drug-likeness (QED) is 0.571. The van der Waals surface area contributed by atoms with E-state index in [0.29, 0.717) is 19.5 Å². The summed E-state index contributed by atoms with van der Waals surface area (Å²) in [6.07, 6.45) is -0.327. The van der Waals surface area contributed by atoms with Gasteiger partial charge in [0.25, 0.3) is 11.8 Å². The van der Waals surface area contributed by atoms with Crippen molar-refractivity contribution in [2.24, 2.45) is 7.05 Å². The number of benzene rings is 1. The third-order valence-corrected chi connectivity index (χ3v) is 5.82. The summed E-state index contributed by atoms with van der Waals surface area (Å²) in [6.45, 7) is 5.84. The number of hydrogen-bond acceptors (Lipinski definition) is 5. The molecule has 2 N–H and O–H groups in total. The molecule has 2 aromatic rings. The summed E-state index contributed by atoms with van der Waals surface area (Å²) in [6, 6.07) is 4.37. The standard InChI is InChI=1S/C23H29ClFN3O5/c1-6-15(33-5)18-16(22(31)26-12-13-10-9-11-14(24)17(13)25)20(29)21(30)19(27(18)4)23(32)28(7-2)8-3/h9-11,15,30H,6-8,12H2,1-5H3,(H,26,31). The molecule has 33 heavy (non-hydrogen) atoms. The second kappa shape index (κ2) is 11.3. The van der Waals surface area contributed by atoms with Crippen molar-refractivity contribution >= 4 is 23.4 Å². The van der Waals surface area contributed by atoms with E-state index in [1.54, 1.807) is 20.8 Å². The zero-order chi connectivity index (χ0) is 24.9. The number of nitrogens with one attached hydrogen (secondary N) is 1.